The Kier molecular flexibility index (Phi) is 16.8. The zero-order valence-electron chi connectivity index (χ0n) is 10.5. The summed E-state index contributed by atoms with van der Waals surface area (Å²) in [6.07, 6.45) is 0. The van der Waals surface area contributed by atoms with Crippen LogP contribution in [0.5, 0.6) is 0 Å². The van der Waals surface area contributed by atoms with Crippen LogP contribution in [0.3, 0.4) is 0 Å². The third kappa shape index (κ3) is 18.1. The van der Waals surface area contributed by atoms with Crippen LogP contribution in [0.4, 0.5) is 0 Å². The Hall–Kier alpha value is 0.707. The molecule has 0 amide bonds. The van der Waals surface area contributed by atoms with E-state index in [1.807, 2.05) is 0 Å². The molecule has 0 aliphatic heterocycles. The molecule has 0 aliphatic carbocycles. The molecule has 0 aromatic carbocycles. The van der Waals surface area contributed by atoms with Crippen molar-refractivity contribution in [2.75, 3.05) is 0 Å². The fraction of sp³-hybridized carbons (Fsp3) is 0. The van der Waals surface area contributed by atoms with Crippen molar-refractivity contribution in [2.24, 2.45) is 0 Å². The Bertz CT molecular complexity index is 810. The molecule has 2 radical (unpaired) electrons. The summed E-state index contributed by atoms with van der Waals surface area (Å²) in [5.74, 6) is 0. The van der Waals surface area contributed by atoms with Gasteiger partial charge in [0.25, 0.3) is 0 Å². The van der Waals surface area contributed by atoms with Crippen LogP contribution in [0, 0.1) is 0 Å². The van der Waals surface area contributed by atoms with E-state index in [4.69, 9.17) is 0 Å². The van der Waals surface area contributed by atoms with Gasteiger partial charge < -0.3 is 27.3 Å². The zero-order valence-corrected chi connectivity index (χ0v) is 18.9. The largest absolute Gasteiger partial charge is 3.00 e. The second-order valence-corrected chi connectivity index (χ2v) is 14.7. The predicted octanol–water partition coefficient (Wildman–Crippen LogP) is -6.03. The molecule has 0 unspecified atom stereocenters. The molecule has 0 rings (SSSR count). The van der Waals surface area contributed by atoms with Gasteiger partial charge in [-0.1, -0.05) is 0 Å². The quantitative estimate of drug-likeness (QED) is 0.152. The summed E-state index contributed by atoms with van der Waals surface area (Å²) in [7, 11) is -34.0. The van der Waals surface area contributed by atoms with Gasteiger partial charge >= 0.3 is 39.0 Å². The van der Waals surface area contributed by atoms with Gasteiger partial charge in [0, 0.05) is 0 Å². The van der Waals surface area contributed by atoms with Gasteiger partial charge in [0.05, 0.1) is 0 Å². The van der Waals surface area contributed by atoms with Gasteiger partial charge in [0.1, 0.15) is 0 Å². The van der Waals surface area contributed by atoms with Crippen molar-refractivity contribution in [3.63, 3.8) is 0 Å². The van der Waals surface area contributed by atoms with Crippen LogP contribution in [0.25, 0.3) is 0 Å². The Labute approximate surface area is 170 Å². The smallest absolute Gasteiger partial charge is 0.736 e. The maximum atomic E-state index is 9.20. The van der Waals surface area contributed by atoms with E-state index >= 15 is 0 Å². The van der Waals surface area contributed by atoms with Gasteiger partial charge in [0.2, 0.25) is 0 Å². The first-order valence-corrected chi connectivity index (χ1v) is 13.5. The molecule has 0 fully saturated rings. The van der Waals surface area contributed by atoms with E-state index in [1.165, 1.54) is 0 Å². The Balaban J connectivity index is -0.0000000817. The van der Waals surface area contributed by atoms with Crippen LogP contribution in [0.1, 0.15) is 0 Å². The first-order chi connectivity index (χ1) is 9.75. The van der Waals surface area contributed by atoms with Gasteiger partial charge in [-0.25, -0.2) is 50.5 Å². The van der Waals surface area contributed by atoms with Crippen molar-refractivity contribution in [3.8, 4) is 0 Å². The number of rotatable bonds is 3. The normalized spacial score (nSPS) is 12.7. The van der Waals surface area contributed by atoms with Crippen LogP contribution in [0.2, 0.25) is 0 Å². The van der Waals surface area contributed by atoms with E-state index in [9.17, 15) is 77.8 Å². The average Bonchev–Trinajstić information content (AvgIpc) is 2.08. The van der Waals surface area contributed by atoms with Crippen molar-refractivity contribution in [1.82, 2.24) is 0 Å². The predicted molar refractivity (Wildman–Crippen MR) is 58.2 cm³/mol. The molecular weight excluding hydrogens is 683 g/mol. The minimum Gasteiger partial charge on any atom is -0.736 e. The van der Waals surface area contributed by atoms with Crippen LogP contribution < -0.4 is 0 Å². The third-order valence-electron chi connectivity index (χ3n) is 0.750. The molecule has 0 bridgehead atoms. The Morgan fingerprint density at radius 2 is 0.308 bits per heavy atom. The van der Waals surface area contributed by atoms with Crippen LogP contribution >= 0.6 is 0 Å². The molecule has 0 aliphatic rings. The van der Waals surface area contributed by atoms with Gasteiger partial charge in [-0.3, -0.25) is 0 Å². The summed E-state index contributed by atoms with van der Waals surface area (Å²) in [5.41, 5.74) is 0. The molecule has 0 saturated carbocycles. The van der Waals surface area contributed by atoms with Crippen LogP contribution in [-0.4, -0.2) is 77.8 Å². The van der Waals surface area contributed by atoms with E-state index in [0.717, 1.165) is 0 Å². The van der Waals surface area contributed by atoms with Crippen molar-refractivity contribution in [1.29, 1.82) is 0 Å². The first kappa shape index (κ1) is 37.5. The van der Waals surface area contributed by atoms with Crippen molar-refractivity contribution >= 4 is 54.9 Å². The van der Waals surface area contributed by atoms with Crippen molar-refractivity contribution < 1.29 is 117 Å². The minimum absolute atomic E-state index is 0. The van der Waals surface area contributed by atoms with Crippen LogP contribution in [-0.2, 0) is 93.9 Å². The zero-order chi connectivity index (χ0) is 21.0. The molecule has 0 aromatic heterocycles. The summed E-state index contributed by atoms with van der Waals surface area (Å²) < 4.78 is 166. The van der Waals surface area contributed by atoms with Gasteiger partial charge in [-0.2, -0.15) is 0 Å². The van der Waals surface area contributed by atoms with E-state index < -0.39 is 54.9 Å². The van der Waals surface area contributed by atoms with E-state index in [1.54, 1.807) is 0 Å². The van der Waals surface area contributed by atoms with E-state index in [2.05, 4.69) is 0 Å². The fourth-order valence-electron chi connectivity index (χ4n) is 0. The Morgan fingerprint density at radius 3 is 0.308 bits per heavy atom. The molecule has 0 spiro atoms. The van der Waals surface area contributed by atoms with Crippen molar-refractivity contribution in [3.05, 3.63) is 0 Å². The molecule has 26 heteroatoms. The first-order valence-electron chi connectivity index (χ1n) is 3.50. The number of hydrogen-bond acceptors (Lipinski definition) is 18. The molecule has 26 heavy (non-hydrogen) atoms. The summed E-state index contributed by atoms with van der Waals surface area (Å²) >= 11 is 0. The average molecular weight is 683 g/mol. The number of hydrogen-bond donors (Lipinski definition) is 0. The molecule has 0 atom stereocenters. The second-order valence-electron chi connectivity index (χ2n) is 2.45. The Morgan fingerprint density at radius 1 is 0.269 bits per heavy atom. The van der Waals surface area contributed by atoms with Gasteiger partial charge in [-0.15, -0.1) is 0 Å². The van der Waals surface area contributed by atoms with E-state index in [-0.39, 0.29) is 39.0 Å². The standard InChI is InChI=1S/3H2O6S2.2Ru/c3*1-7(2,3)8(4,5)6;;/h3*(H,1,2,3)(H,4,5,6);;/q;;;2*+3/p-6. The van der Waals surface area contributed by atoms with Crippen molar-refractivity contribution in [2.45, 2.75) is 0 Å². The summed E-state index contributed by atoms with van der Waals surface area (Å²) in [5, 5.41) is 0. The topological polar surface area (TPSA) is 343 Å². The second kappa shape index (κ2) is 11.6. The third-order valence-corrected chi connectivity index (χ3v) is 6.75. The monoisotopic (exact) mass is 684 g/mol. The molecule has 0 aromatic rings. The van der Waals surface area contributed by atoms with E-state index in [0.29, 0.717) is 0 Å². The molecule has 0 saturated heterocycles. The molecule has 160 valence electrons. The maximum Gasteiger partial charge on any atom is 3.00 e. The minimum atomic E-state index is -5.67. The molecule has 18 nitrogen and oxygen atoms in total. The summed E-state index contributed by atoms with van der Waals surface area (Å²) in [6.45, 7) is 0. The van der Waals surface area contributed by atoms with Gasteiger partial charge in [-0.05, 0) is 0 Å². The fourth-order valence-corrected chi connectivity index (χ4v) is 0. The van der Waals surface area contributed by atoms with Gasteiger partial charge in [0.15, 0.2) is 54.9 Å². The summed E-state index contributed by atoms with van der Waals surface area (Å²) in [4.78, 5) is 0. The van der Waals surface area contributed by atoms with Crippen LogP contribution in [0.15, 0.2) is 0 Å². The molecular formula is O18Ru2S6. The SMILES string of the molecule is O=S(=O)([O-])S(=O)(=O)[O-].O=S(=O)([O-])S(=O)(=O)[O-].O=S(=O)([O-])S(=O)(=O)[O-].[Ru+3].[Ru+3]. The maximum absolute atomic E-state index is 9.20. The molecule has 0 N–H and O–H groups in total. The summed E-state index contributed by atoms with van der Waals surface area (Å²) in [6, 6.07) is 0. The molecule has 0 heterocycles.